The highest BCUT2D eigenvalue weighted by molar-refractivity contribution is 6.10. The van der Waals surface area contributed by atoms with E-state index in [1.165, 1.54) is 11.0 Å². The SMILES string of the molecule is CCNc1cc(-c2c(-c3nncn3C)cnn2C)cc(N2Cc3c(cc(COCC4CCC4)cc3C(F)(F)F)C2=O)n1. The van der Waals surface area contributed by atoms with Gasteiger partial charge in [0.2, 0.25) is 0 Å². The zero-order valence-electron chi connectivity index (χ0n) is 23.6. The molecule has 0 spiro atoms. The Morgan fingerprint density at radius 1 is 1.12 bits per heavy atom. The highest BCUT2D eigenvalue weighted by Crippen LogP contribution is 2.41. The molecule has 0 unspecified atom stereocenters. The number of aryl methyl sites for hydroxylation is 2. The van der Waals surface area contributed by atoms with E-state index < -0.39 is 17.6 Å². The molecular weight excluding hydrogens is 549 g/mol. The van der Waals surface area contributed by atoms with Gasteiger partial charge in [0.25, 0.3) is 5.91 Å². The van der Waals surface area contributed by atoms with Crippen molar-refractivity contribution in [3.8, 4) is 22.6 Å². The maximum Gasteiger partial charge on any atom is 0.416 e. The summed E-state index contributed by atoms with van der Waals surface area (Å²) in [6.07, 6.45) is 1.93. The first-order valence-electron chi connectivity index (χ1n) is 13.9. The molecule has 6 rings (SSSR count). The zero-order valence-corrected chi connectivity index (χ0v) is 23.6. The molecule has 0 atom stereocenters. The topological polar surface area (TPSA) is 103 Å². The van der Waals surface area contributed by atoms with Crippen LogP contribution in [0, 0.1) is 5.92 Å². The van der Waals surface area contributed by atoms with Crippen LogP contribution in [0.1, 0.15) is 53.2 Å². The fraction of sp³-hybridized carbons (Fsp3) is 0.414. The first-order valence-corrected chi connectivity index (χ1v) is 13.9. The van der Waals surface area contributed by atoms with Crippen LogP contribution in [0.15, 0.2) is 36.8 Å². The van der Waals surface area contributed by atoms with E-state index in [0.717, 1.165) is 25.3 Å². The molecule has 2 aliphatic rings. The summed E-state index contributed by atoms with van der Waals surface area (Å²) < 4.78 is 51.9. The first kappa shape index (κ1) is 27.9. The fourth-order valence-corrected chi connectivity index (χ4v) is 5.53. The van der Waals surface area contributed by atoms with Crippen molar-refractivity contribution in [2.75, 3.05) is 23.4 Å². The third-order valence-corrected chi connectivity index (χ3v) is 7.86. The summed E-state index contributed by atoms with van der Waals surface area (Å²) in [7, 11) is 3.60. The molecule has 1 amide bonds. The van der Waals surface area contributed by atoms with Crippen LogP contribution in [0.2, 0.25) is 0 Å². The van der Waals surface area contributed by atoms with E-state index in [1.54, 1.807) is 34.9 Å². The Labute approximate surface area is 240 Å². The second kappa shape index (κ2) is 10.9. The van der Waals surface area contributed by atoms with Crippen LogP contribution in [-0.4, -0.2) is 48.6 Å². The van der Waals surface area contributed by atoms with Crippen LogP contribution in [0.25, 0.3) is 22.6 Å². The van der Waals surface area contributed by atoms with Crippen LogP contribution in [0.5, 0.6) is 0 Å². The van der Waals surface area contributed by atoms with Crippen LogP contribution in [-0.2, 0) is 38.2 Å². The Morgan fingerprint density at radius 2 is 1.93 bits per heavy atom. The maximum absolute atomic E-state index is 14.2. The average molecular weight is 581 g/mol. The van der Waals surface area contributed by atoms with Crippen LogP contribution < -0.4 is 10.2 Å². The Bertz CT molecular complexity index is 1640. The monoisotopic (exact) mass is 580 g/mol. The second-order valence-corrected chi connectivity index (χ2v) is 10.8. The second-order valence-electron chi connectivity index (χ2n) is 10.8. The molecule has 3 aromatic heterocycles. The Morgan fingerprint density at radius 3 is 2.60 bits per heavy atom. The maximum atomic E-state index is 14.2. The van der Waals surface area contributed by atoms with Crippen molar-refractivity contribution in [3.05, 3.63) is 59.0 Å². The third kappa shape index (κ3) is 5.13. The number of hydrogen-bond donors (Lipinski definition) is 1. The van der Waals surface area contributed by atoms with Gasteiger partial charge in [-0.25, -0.2) is 4.98 Å². The van der Waals surface area contributed by atoms with Gasteiger partial charge in [0.1, 0.15) is 18.0 Å². The van der Waals surface area contributed by atoms with E-state index in [4.69, 9.17) is 4.74 Å². The molecule has 1 saturated carbocycles. The van der Waals surface area contributed by atoms with Crippen molar-refractivity contribution in [2.45, 2.75) is 45.5 Å². The van der Waals surface area contributed by atoms with Gasteiger partial charge in [-0.05, 0) is 61.1 Å². The summed E-state index contributed by atoms with van der Waals surface area (Å²) in [5.74, 6) is 1.21. The molecule has 10 nitrogen and oxygen atoms in total. The van der Waals surface area contributed by atoms with E-state index in [1.807, 2.05) is 20.0 Å². The molecule has 4 heterocycles. The molecule has 42 heavy (non-hydrogen) atoms. The van der Waals surface area contributed by atoms with Crippen molar-refractivity contribution < 1.29 is 22.7 Å². The van der Waals surface area contributed by atoms with E-state index >= 15 is 0 Å². The van der Waals surface area contributed by atoms with Crippen molar-refractivity contribution >= 4 is 17.5 Å². The largest absolute Gasteiger partial charge is 0.416 e. The molecule has 0 bridgehead atoms. The number of fused-ring (bicyclic) bond motifs is 1. The summed E-state index contributed by atoms with van der Waals surface area (Å²) in [6, 6.07) is 6.14. The lowest BCUT2D eigenvalue weighted by Gasteiger charge is -2.25. The highest BCUT2D eigenvalue weighted by Gasteiger charge is 2.41. The number of carbonyl (C=O) groups excluding carboxylic acids is 1. The molecule has 0 saturated heterocycles. The number of pyridine rings is 1. The van der Waals surface area contributed by atoms with Gasteiger partial charge in [-0.1, -0.05) is 6.42 Å². The highest BCUT2D eigenvalue weighted by atomic mass is 19.4. The van der Waals surface area contributed by atoms with Gasteiger partial charge in [0.05, 0.1) is 36.2 Å². The van der Waals surface area contributed by atoms with Gasteiger partial charge >= 0.3 is 6.18 Å². The Kier molecular flexibility index (Phi) is 7.21. The number of aromatic nitrogens is 6. The predicted molar refractivity (Wildman–Crippen MR) is 150 cm³/mol. The van der Waals surface area contributed by atoms with Crippen molar-refractivity contribution in [2.24, 2.45) is 20.0 Å². The average Bonchev–Trinajstić information content (AvgIpc) is 3.61. The van der Waals surface area contributed by atoms with Crippen molar-refractivity contribution in [3.63, 3.8) is 0 Å². The van der Waals surface area contributed by atoms with E-state index in [9.17, 15) is 18.0 Å². The number of ether oxygens (including phenoxy) is 1. The summed E-state index contributed by atoms with van der Waals surface area (Å²) in [4.78, 5) is 19.6. The number of hydrogen-bond acceptors (Lipinski definition) is 7. The summed E-state index contributed by atoms with van der Waals surface area (Å²) >= 11 is 0. The molecule has 0 radical (unpaired) electrons. The number of anilines is 2. The molecule has 1 aliphatic carbocycles. The molecule has 220 valence electrons. The predicted octanol–water partition coefficient (Wildman–Crippen LogP) is 5.21. The molecule has 4 aromatic rings. The molecular formula is C29H31F3N8O2. The Balaban J connectivity index is 1.38. The third-order valence-electron chi connectivity index (χ3n) is 7.86. The molecule has 1 aliphatic heterocycles. The number of benzene rings is 1. The minimum absolute atomic E-state index is 0.0176. The zero-order chi connectivity index (χ0) is 29.6. The van der Waals surface area contributed by atoms with Gasteiger partial charge in [-0.2, -0.15) is 18.3 Å². The number of alkyl halides is 3. The molecule has 13 heteroatoms. The number of halogens is 3. The molecule has 1 fully saturated rings. The van der Waals surface area contributed by atoms with Crippen LogP contribution >= 0.6 is 0 Å². The van der Waals surface area contributed by atoms with E-state index in [0.29, 0.717) is 53.1 Å². The Hall–Kier alpha value is -4.26. The smallest absolute Gasteiger partial charge is 0.376 e. The number of carbonyl (C=O) groups is 1. The molecule has 1 aromatic carbocycles. The van der Waals surface area contributed by atoms with Crippen molar-refractivity contribution in [1.82, 2.24) is 29.5 Å². The molecule has 1 N–H and O–H groups in total. The first-order chi connectivity index (χ1) is 20.1. The van der Waals surface area contributed by atoms with Gasteiger partial charge in [0.15, 0.2) is 5.82 Å². The number of nitrogens with one attached hydrogen (secondary N) is 1. The fourth-order valence-electron chi connectivity index (χ4n) is 5.53. The van der Waals surface area contributed by atoms with Crippen LogP contribution in [0.4, 0.5) is 24.8 Å². The number of nitrogens with zero attached hydrogens (tertiary/aromatic N) is 7. The van der Waals surface area contributed by atoms with Gasteiger partial charge in [-0.15, -0.1) is 10.2 Å². The quantitative estimate of drug-likeness (QED) is 0.290. The van der Waals surface area contributed by atoms with Gasteiger partial charge in [-0.3, -0.25) is 14.4 Å². The van der Waals surface area contributed by atoms with Crippen LogP contribution in [0.3, 0.4) is 0 Å². The minimum Gasteiger partial charge on any atom is -0.376 e. The van der Waals surface area contributed by atoms with E-state index in [2.05, 4.69) is 25.6 Å². The lowest BCUT2D eigenvalue weighted by molar-refractivity contribution is -0.138. The van der Waals surface area contributed by atoms with Gasteiger partial charge in [0, 0.05) is 38.4 Å². The van der Waals surface area contributed by atoms with Gasteiger partial charge < -0.3 is 14.6 Å². The lowest BCUT2D eigenvalue weighted by atomic mass is 9.86. The van der Waals surface area contributed by atoms with E-state index in [-0.39, 0.29) is 30.1 Å². The summed E-state index contributed by atoms with van der Waals surface area (Å²) in [5, 5.41) is 15.8. The van der Waals surface area contributed by atoms with Crippen molar-refractivity contribution in [1.29, 1.82) is 0 Å². The summed E-state index contributed by atoms with van der Waals surface area (Å²) in [5.41, 5.74) is 1.53. The minimum atomic E-state index is -4.63. The normalized spacial score (nSPS) is 15.3. The standard InChI is InChI=1S/C29H31F3N8O2/c1-4-33-24-10-19(26-21(12-35-39(26)3)27-37-34-16-38(27)2)11-25(36-24)40-13-22-20(28(40)41)8-18(9-23(22)29(30,31)32)15-42-14-17-6-5-7-17/h8-12,16-17H,4-7,13-15H2,1-3H3,(H,33,36). The summed E-state index contributed by atoms with van der Waals surface area (Å²) in [6.45, 7) is 2.73. The number of rotatable bonds is 9. The lowest BCUT2D eigenvalue weighted by Crippen LogP contribution is -2.24. The number of amides is 1.